The van der Waals surface area contributed by atoms with E-state index in [-0.39, 0.29) is 73.9 Å². The second-order valence-electron chi connectivity index (χ2n) is 11.5. The van der Waals surface area contributed by atoms with Crippen LogP contribution in [0.3, 0.4) is 0 Å². The van der Waals surface area contributed by atoms with E-state index in [1.54, 1.807) is 25.3 Å². The lowest BCUT2D eigenvalue weighted by atomic mass is 9.95. The monoisotopic (exact) mass is 680 g/mol. The highest BCUT2D eigenvalue weighted by molar-refractivity contribution is 7.92. The molecule has 2 fully saturated rings. The van der Waals surface area contributed by atoms with Crippen molar-refractivity contribution >= 4 is 45.6 Å². The van der Waals surface area contributed by atoms with Gasteiger partial charge in [0.25, 0.3) is 6.08 Å². The van der Waals surface area contributed by atoms with E-state index in [0.29, 0.717) is 49.9 Å². The molecule has 1 aliphatic carbocycles. The Bertz CT molecular complexity index is 1490. The zero-order valence-electron chi connectivity index (χ0n) is 26.0. The Morgan fingerprint density at radius 3 is 2.50 bits per heavy atom. The Balaban J connectivity index is 0.00000576. The molecule has 4 N–H and O–H groups in total. The van der Waals surface area contributed by atoms with E-state index < -0.39 is 32.6 Å². The summed E-state index contributed by atoms with van der Waals surface area (Å²) in [5.74, 6) is -0.564. The molecule has 2 amide bonds. The van der Waals surface area contributed by atoms with Crippen molar-refractivity contribution in [3.8, 4) is 0 Å². The average Bonchev–Trinajstić information content (AvgIpc) is 3.54. The molecule has 4 rings (SSSR count). The number of nitrogen functional groups attached to an aromatic ring is 1. The zero-order chi connectivity index (χ0) is 32.6. The Kier molecular flexibility index (Phi) is 13.6. The van der Waals surface area contributed by atoms with Gasteiger partial charge < -0.3 is 16.0 Å². The third-order valence-corrected chi connectivity index (χ3v) is 11.1. The van der Waals surface area contributed by atoms with E-state index in [1.165, 1.54) is 17.2 Å². The molecule has 1 aromatic heterocycles. The van der Waals surface area contributed by atoms with E-state index in [2.05, 4.69) is 27.2 Å². The molecule has 1 saturated carbocycles. The number of nitrogens with one attached hydrogen (secondary N) is 2. The number of nitrogens with zero attached hydrogens (tertiary/aromatic N) is 3. The second-order valence-corrected chi connectivity index (χ2v) is 13.8. The third kappa shape index (κ3) is 9.10. The lowest BCUT2D eigenvalue weighted by Gasteiger charge is -2.34. The van der Waals surface area contributed by atoms with Crippen molar-refractivity contribution < 1.29 is 26.8 Å². The molecule has 1 saturated heterocycles. The maximum Gasteiger partial charge on any atom is 0.269 e. The maximum atomic E-state index is 14.3. The minimum atomic E-state index is -3.92. The van der Waals surface area contributed by atoms with Crippen molar-refractivity contribution in [3.63, 3.8) is 0 Å². The van der Waals surface area contributed by atoms with Crippen LogP contribution in [0.2, 0.25) is 0 Å². The maximum absolute atomic E-state index is 14.3. The topological polar surface area (TPSA) is 147 Å². The predicted molar refractivity (Wildman–Crippen MR) is 177 cm³/mol. The van der Waals surface area contributed by atoms with Crippen LogP contribution in [-0.2, 0) is 25.8 Å². The number of sulfone groups is 1. The number of amides is 2. The number of carbonyl (C=O) groups is 2. The highest BCUT2D eigenvalue weighted by Gasteiger charge is 2.43. The number of likely N-dealkylation sites (tertiary alicyclic amines) is 1. The molecule has 14 heteroatoms. The van der Waals surface area contributed by atoms with Gasteiger partial charge in [-0.1, -0.05) is 37.6 Å². The van der Waals surface area contributed by atoms with Gasteiger partial charge >= 0.3 is 0 Å². The van der Waals surface area contributed by atoms with Crippen LogP contribution in [0.4, 0.5) is 20.3 Å². The number of rotatable bonds is 13. The molecule has 0 radical (unpaired) electrons. The number of halogens is 3. The van der Waals surface area contributed by atoms with Crippen molar-refractivity contribution in [2.24, 2.45) is 0 Å². The lowest BCUT2D eigenvalue weighted by Crippen LogP contribution is -2.54. The van der Waals surface area contributed by atoms with E-state index in [4.69, 9.17) is 5.73 Å². The Labute approximate surface area is 275 Å². The first-order chi connectivity index (χ1) is 21.5. The summed E-state index contributed by atoms with van der Waals surface area (Å²) in [6, 6.07) is 6.36. The Morgan fingerprint density at radius 1 is 1.15 bits per heavy atom. The molecule has 46 heavy (non-hydrogen) atoms. The van der Waals surface area contributed by atoms with Crippen LogP contribution in [0.15, 0.2) is 61.0 Å². The number of para-hydroxylation sites is 1. The van der Waals surface area contributed by atoms with Gasteiger partial charge in [-0.25, -0.2) is 13.4 Å². The molecule has 2 aliphatic rings. The van der Waals surface area contributed by atoms with Gasteiger partial charge in [-0.3, -0.25) is 19.9 Å². The molecular weight excluding hydrogens is 638 g/mol. The first-order valence-electron chi connectivity index (χ1n) is 15.4. The van der Waals surface area contributed by atoms with E-state index >= 15 is 0 Å². The van der Waals surface area contributed by atoms with E-state index in [1.807, 2.05) is 12.1 Å². The molecule has 2 heterocycles. The van der Waals surface area contributed by atoms with Gasteiger partial charge in [0.2, 0.25) is 11.8 Å². The predicted octanol–water partition coefficient (Wildman–Crippen LogP) is 5.15. The van der Waals surface area contributed by atoms with Crippen LogP contribution in [-0.4, -0.2) is 64.9 Å². The Morgan fingerprint density at radius 2 is 1.87 bits per heavy atom. The number of hydrogen-bond acceptors (Lipinski definition) is 8. The van der Waals surface area contributed by atoms with Crippen molar-refractivity contribution in [2.45, 2.75) is 87.3 Å². The summed E-state index contributed by atoms with van der Waals surface area (Å²) >= 11 is 0. The molecule has 0 bridgehead atoms. The van der Waals surface area contributed by atoms with Gasteiger partial charge in [-0.15, -0.1) is 19.0 Å². The highest BCUT2D eigenvalue weighted by Crippen LogP contribution is 2.42. The van der Waals surface area contributed by atoms with Gasteiger partial charge in [0.05, 0.1) is 29.4 Å². The molecule has 0 spiro atoms. The average molecular weight is 681 g/mol. The zero-order valence-corrected chi connectivity index (χ0v) is 27.6. The Hall–Kier alpha value is -3.42. The fraction of sp³-hybridized carbons (Fsp3) is 0.500. The van der Waals surface area contributed by atoms with Crippen LogP contribution < -0.4 is 16.4 Å². The summed E-state index contributed by atoms with van der Waals surface area (Å²) in [5, 5.41) is 4.00. The summed E-state index contributed by atoms with van der Waals surface area (Å²) in [5.41, 5.74) is 7.72. The number of benzene rings is 1. The highest BCUT2D eigenvalue weighted by atomic mass is 35.5. The van der Waals surface area contributed by atoms with Crippen LogP contribution >= 0.6 is 12.4 Å². The second kappa shape index (κ2) is 16.9. The van der Waals surface area contributed by atoms with E-state index in [9.17, 15) is 26.8 Å². The van der Waals surface area contributed by atoms with Crippen molar-refractivity contribution in [1.82, 2.24) is 20.2 Å². The number of aryl methyl sites for hydroxylation is 1. The molecule has 2 aromatic rings. The van der Waals surface area contributed by atoms with E-state index in [0.717, 1.165) is 5.56 Å². The number of carbonyl (C=O) groups excluding carboxylic acids is 2. The molecule has 4 atom stereocenters. The smallest absolute Gasteiger partial charge is 0.269 e. The molecule has 252 valence electrons. The normalized spacial score (nSPS) is 19.5. The van der Waals surface area contributed by atoms with Gasteiger partial charge in [0.15, 0.2) is 9.84 Å². The lowest BCUT2D eigenvalue weighted by molar-refractivity contribution is -0.134. The standard InChI is InChI=1S/C32H42F2N6O4S.ClH/c1-3-29(41)38-25-12-6-5-10-23(25)24-11-8-14-27(24)45(43,44)30(4-2)39-26(13-7-9-22-19-37-28(35)20-36-22)32(42)40-17-15-21(16-18-40)31(33)34;/h4-6,10,12,19-20,24,26-27,30,39H,2-3,7-9,11,13-18H2,1H3,(H2,35,37)(H,38,41);1H. The van der Waals surface area contributed by atoms with Crippen LogP contribution in [0.1, 0.15) is 75.5 Å². The summed E-state index contributed by atoms with van der Waals surface area (Å²) in [7, 11) is -3.92. The van der Waals surface area contributed by atoms with Crippen molar-refractivity contribution in [1.29, 1.82) is 0 Å². The largest absolute Gasteiger partial charge is 0.382 e. The number of nitrogens with two attached hydrogens (primary N) is 1. The SMILES string of the molecule is C=CC(NC(CCCc1cnc(N)cn1)C(=O)N1CCC(=C(F)F)CC1)S(=O)(=O)C1CCCC1c1ccccc1NC(=O)CC.Cl. The first kappa shape index (κ1) is 37.0. The number of hydrogen-bond donors (Lipinski definition) is 3. The molecule has 1 aromatic carbocycles. The summed E-state index contributed by atoms with van der Waals surface area (Å²) in [6.07, 6.45) is 6.05. The van der Waals surface area contributed by atoms with Gasteiger partial charge in [-0.05, 0) is 62.1 Å². The minimum absolute atomic E-state index is 0. The van der Waals surface area contributed by atoms with Crippen LogP contribution in [0.25, 0.3) is 0 Å². The quantitative estimate of drug-likeness (QED) is 0.246. The molecule has 1 aliphatic heterocycles. The summed E-state index contributed by atoms with van der Waals surface area (Å²) in [4.78, 5) is 35.8. The fourth-order valence-electron chi connectivity index (χ4n) is 6.20. The number of aromatic nitrogens is 2. The minimum Gasteiger partial charge on any atom is -0.382 e. The summed E-state index contributed by atoms with van der Waals surface area (Å²) in [6.45, 7) is 5.82. The van der Waals surface area contributed by atoms with Gasteiger partial charge in [0.1, 0.15) is 11.2 Å². The van der Waals surface area contributed by atoms with Crippen LogP contribution in [0, 0.1) is 0 Å². The third-order valence-electron chi connectivity index (χ3n) is 8.66. The van der Waals surface area contributed by atoms with Gasteiger partial charge in [0, 0.05) is 31.1 Å². The number of piperidine rings is 1. The molecule has 10 nitrogen and oxygen atoms in total. The first-order valence-corrected chi connectivity index (χ1v) is 17.0. The summed E-state index contributed by atoms with van der Waals surface area (Å²) < 4.78 is 54.8. The van der Waals surface area contributed by atoms with Crippen molar-refractivity contribution in [3.05, 3.63) is 72.2 Å². The van der Waals surface area contributed by atoms with Crippen molar-refractivity contribution in [2.75, 3.05) is 24.1 Å². The van der Waals surface area contributed by atoms with Gasteiger partial charge in [-0.2, -0.15) is 8.78 Å². The number of anilines is 2. The van der Waals surface area contributed by atoms with Crippen LogP contribution in [0.5, 0.6) is 0 Å². The fourth-order valence-corrected chi connectivity index (χ4v) is 8.43. The molecular formula is C32H43ClF2N6O4S. The molecule has 4 unspecified atom stereocenters.